The lowest BCUT2D eigenvalue weighted by Crippen LogP contribution is -2.21. The summed E-state index contributed by atoms with van der Waals surface area (Å²) in [5.74, 6) is 0.351. The number of fused-ring (bicyclic) bond motifs is 1. The molecule has 0 amide bonds. The fourth-order valence-electron chi connectivity index (χ4n) is 2.19. The predicted molar refractivity (Wildman–Crippen MR) is 67.9 cm³/mol. The molecule has 1 aromatic heterocycles. The summed E-state index contributed by atoms with van der Waals surface area (Å²) >= 11 is 0. The molecule has 2 N–H and O–H groups in total. The monoisotopic (exact) mass is 271 g/mol. The molecule has 104 valence electrons. The quantitative estimate of drug-likeness (QED) is 0.928. The van der Waals surface area contributed by atoms with Crippen LogP contribution in [0.1, 0.15) is 25.1 Å². The third-order valence-corrected chi connectivity index (χ3v) is 3.06. The van der Waals surface area contributed by atoms with Crippen LogP contribution >= 0.6 is 0 Å². The number of hydrogen-bond acceptors (Lipinski definition) is 2. The Morgan fingerprint density at radius 2 is 2.00 bits per heavy atom. The molecule has 0 aliphatic carbocycles. The summed E-state index contributed by atoms with van der Waals surface area (Å²) in [4.78, 5) is 4.32. The number of halogens is 3. The topological polar surface area (TPSA) is 43.8 Å². The fourth-order valence-corrected chi connectivity index (χ4v) is 2.19. The number of aromatic nitrogens is 2. The molecular weight excluding hydrogens is 255 g/mol. The van der Waals surface area contributed by atoms with E-state index in [1.165, 1.54) is 4.57 Å². The van der Waals surface area contributed by atoms with Crippen LogP contribution in [0, 0.1) is 0 Å². The highest BCUT2D eigenvalue weighted by molar-refractivity contribution is 5.76. The van der Waals surface area contributed by atoms with Gasteiger partial charge in [-0.3, -0.25) is 0 Å². The van der Waals surface area contributed by atoms with Crippen molar-refractivity contribution in [2.75, 3.05) is 6.54 Å². The van der Waals surface area contributed by atoms with Crippen LogP contribution in [0.4, 0.5) is 13.2 Å². The van der Waals surface area contributed by atoms with Gasteiger partial charge in [-0.2, -0.15) is 13.2 Å². The number of para-hydroxylation sites is 2. The van der Waals surface area contributed by atoms with E-state index in [1.54, 1.807) is 24.3 Å². The van der Waals surface area contributed by atoms with Gasteiger partial charge in [0.2, 0.25) is 0 Å². The van der Waals surface area contributed by atoms with Gasteiger partial charge in [-0.15, -0.1) is 0 Å². The van der Waals surface area contributed by atoms with Gasteiger partial charge in [-0.25, -0.2) is 4.98 Å². The largest absolute Gasteiger partial charge is 0.406 e. The van der Waals surface area contributed by atoms with Gasteiger partial charge in [0.15, 0.2) is 0 Å². The zero-order chi connectivity index (χ0) is 14.0. The van der Waals surface area contributed by atoms with Crippen LogP contribution in [0.2, 0.25) is 0 Å². The summed E-state index contributed by atoms with van der Waals surface area (Å²) < 4.78 is 39.4. The Morgan fingerprint density at radius 3 is 2.63 bits per heavy atom. The van der Waals surface area contributed by atoms with Crippen LogP contribution in [0.15, 0.2) is 24.3 Å². The molecule has 0 saturated carbocycles. The summed E-state index contributed by atoms with van der Waals surface area (Å²) in [7, 11) is 0. The van der Waals surface area contributed by atoms with Gasteiger partial charge in [-0.05, 0) is 25.1 Å². The molecule has 1 unspecified atom stereocenters. The maximum atomic E-state index is 12.7. The highest BCUT2D eigenvalue weighted by Crippen LogP contribution is 2.27. The molecule has 19 heavy (non-hydrogen) atoms. The summed E-state index contributed by atoms with van der Waals surface area (Å²) in [5.41, 5.74) is 6.58. The summed E-state index contributed by atoms with van der Waals surface area (Å²) in [6.07, 6.45) is -3.65. The molecule has 1 atom stereocenters. The molecule has 0 radical (unpaired) electrons. The zero-order valence-electron chi connectivity index (χ0n) is 10.6. The number of benzene rings is 1. The standard InChI is InChI=1S/C13H16F3N3/c1-9(6-7-17)12-18-10-4-2-3-5-11(10)19(12)8-13(14,15)16/h2-5,9H,6-8,17H2,1H3. The Morgan fingerprint density at radius 1 is 1.32 bits per heavy atom. The minimum atomic E-state index is -4.26. The molecule has 0 bridgehead atoms. The molecule has 3 nitrogen and oxygen atoms in total. The van der Waals surface area contributed by atoms with Crippen LogP contribution in [0.25, 0.3) is 11.0 Å². The SMILES string of the molecule is CC(CCN)c1nc2ccccc2n1CC(F)(F)F. The van der Waals surface area contributed by atoms with E-state index in [0.29, 0.717) is 29.8 Å². The third kappa shape index (κ3) is 3.07. The number of hydrogen-bond donors (Lipinski definition) is 1. The minimum Gasteiger partial charge on any atom is -0.330 e. The van der Waals surface area contributed by atoms with Crippen molar-refractivity contribution in [2.24, 2.45) is 5.73 Å². The van der Waals surface area contributed by atoms with Crippen molar-refractivity contribution < 1.29 is 13.2 Å². The molecule has 0 aliphatic rings. The Balaban J connectivity index is 2.52. The van der Waals surface area contributed by atoms with Crippen LogP contribution in [0.3, 0.4) is 0 Å². The number of rotatable bonds is 4. The van der Waals surface area contributed by atoms with Gasteiger partial charge in [0.25, 0.3) is 0 Å². The number of nitrogens with two attached hydrogens (primary N) is 1. The molecule has 1 aromatic carbocycles. The van der Waals surface area contributed by atoms with Crippen LogP contribution in [0.5, 0.6) is 0 Å². The Labute approximate surface area is 109 Å². The van der Waals surface area contributed by atoms with E-state index in [4.69, 9.17) is 5.73 Å². The second kappa shape index (κ2) is 5.21. The van der Waals surface area contributed by atoms with E-state index >= 15 is 0 Å². The first-order valence-corrected chi connectivity index (χ1v) is 6.14. The molecule has 0 aliphatic heterocycles. The lowest BCUT2D eigenvalue weighted by atomic mass is 10.1. The van der Waals surface area contributed by atoms with E-state index in [9.17, 15) is 13.2 Å². The fraction of sp³-hybridized carbons (Fsp3) is 0.462. The zero-order valence-corrected chi connectivity index (χ0v) is 10.6. The summed E-state index contributed by atoms with van der Waals surface area (Å²) in [6, 6.07) is 6.87. The first kappa shape index (κ1) is 13.9. The van der Waals surface area contributed by atoms with E-state index in [2.05, 4.69) is 4.98 Å². The molecular formula is C13H16F3N3. The van der Waals surface area contributed by atoms with Gasteiger partial charge in [0, 0.05) is 5.92 Å². The van der Waals surface area contributed by atoms with Gasteiger partial charge >= 0.3 is 6.18 Å². The molecule has 0 spiro atoms. The van der Waals surface area contributed by atoms with E-state index in [0.717, 1.165) is 0 Å². The molecule has 2 aromatic rings. The van der Waals surface area contributed by atoms with Crippen molar-refractivity contribution in [1.29, 1.82) is 0 Å². The molecule has 6 heteroatoms. The van der Waals surface area contributed by atoms with E-state index in [-0.39, 0.29) is 5.92 Å². The number of nitrogens with zero attached hydrogens (tertiary/aromatic N) is 2. The third-order valence-electron chi connectivity index (χ3n) is 3.06. The Bertz CT molecular complexity index is 560. The van der Waals surface area contributed by atoms with Crippen LogP contribution in [-0.4, -0.2) is 22.3 Å². The van der Waals surface area contributed by atoms with Gasteiger partial charge in [-0.1, -0.05) is 19.1 Å². The highest BCUT2D eigenvalue weighted by atomic mass is 19.4. The van der Waals surface area contributed by atoms with E-state index in [1.807, 2.05) is 6.92 Å². The van der Waals surface area contributed by atoms with Crippen LogP contribution in [-0.2, 0) is 6.54 Å². The minimum absolute atomic E-state index is 0.0975. The molecule has 1 heterocycles. The van der Waals surface area contributed by atoms with Gasteiger partial charge < -0.3 is 10.3 Å². The average Bonchev–Trinajstić information content (AvgIpc) is 2.67. The predicted octanol–water partition coefficient (Wildman–Crippen LogP) is 3.05. The highest BCUT2D eigenvalue weighted by Gasteiger charge is 2.31. The van der Waals surface area contributed by atoms with E-state index < -0.39 is 12.7 Å². The summed E-state index contributed by atoms with van der Waals surface area (Å²) in [6.45, 7) is 1.26. The first-order chi connectivity index (χ1) is 8.92. The smallest absolute Gasteiger partial charge is 0.330 e. The van der Waals surface area contributed by atoms with Crippen molar-refractivity contribution >= 4 is 11.0 Å². The Hall–Kier alpha value is -1.56. The van der Waals surface area contributed by atoms with Gasteiger partial charge in [0.05, 0.1) is 11.0 Å². The second-order valence-electron chi connectivity index (χ2n) is 4.64. The normalized spacial score (nSPS) is 13.9. The average molecular weight is 271 g/mol. The van der Waals surface area contributed by atoms with Crippen molar-refractivity contribution in [3.63, 3.8) is 0 Å². The number of imidazole rings is 1. The molecule has 0 saturated heterocycles. The van der Waals surface area contributed by atoms with Crippen molar-refractivity contribution in [2.45, 2.75) is 32.0 Å². The lowest BCUT2D eigenvalue weighted by molar-refractivity contribution is -0.140. The lowest BCUT2D eigenvalue weighted by Gasteiger charge is -2.15. The van der Waals surface area contributed by atoms with Crippen molar-refractivity contribution in [3.05, 3.63) is 30.1 Å². The molecule has 0 fully saturated rings. The molecule has 2 rings (SSSR count). The van der Waals surface area contributed by atoms with Gasteiger partial charge in [0.1, 0.15) is 12.4 Å². The Kier molecular flexibility index (Phi) is 3.80. The van der Waals surface area contributed by atoms with Crippen LogP contribution < -0.4 is 5.73 Å². The maximum absolute atomic E-state index is 12.7. The number of alkyl halides is 3. The summed E-state index contributed by atoms with van der Waals surface area (Å²) in [5, 5.41) is 0. The first-order valence-electron chi connectivity index (χ1n) is 6.14. The van der Waals surface area contributed by atoms with Crippen molar-refractivity contribution in [3.8, 4) is 0 Å². The second-order valence-corrected chi connectivity index (χ2v) is 4.64. The van der Waals surface area contributed by atoms with Crippen molar-refractivity contribution in [1.82, 2.24) is 9.55 Å². The maximum Gasteiger partial charge on any atom is 0.406 e.